The molecule has 0 spiro atoms. The molecule has 0 aliphatic heterocycles. The van der Waals surface area contributed by atoms with Crippen LogP contribution in [0.4, 0.5) is 0 Å². The minimum absolute atomic E-state index is 0.0820. The van der Waals surface area contributed by atoms with E-state index in [-0.39, 0.29) is 17.2 Å². The maximum atomic E-state index is 12.3. The predicted molar refractivity (Wildman–Crippen MR) is 85.6 cm³/mol. The van der Waals surface area contributed by atoms with E-state index in [0.717, 1.165) is 5.01 Å². The third-order valence-electron chi connectivity index (χ3n) is 2.95. The molecule has 1 unspecified atom stereocenters. The van der Waals surface area contributed by atoms with Crippen LogP contribution in [0, 0.1) is 5.92 Å². The van der Waals surface area contributed by atoms with Crippen molar-refractivity contribution in [1.29, 1.82) is 0 Å². The van der Waals surface area contributed by atoms with Gasteiger partial charge in [-0.05, 0) is 12.3 Å². The first-order valence-corrected chi connectivity index (χ1v) is 7.95. The normalized spacial score (nSPS) is 13.1. The first-order chi connectivity index (χ1) is 9.65. The maximum absolute atomic E-state index is 12.3. The summed E-state index contributed by atoms with van der Waals surface area (Å²) in [6, 6.07) is -0.511. The summed E-state index contributed by atoms with van der Waals surface area (Å²) in [6.45, 7) is 10.2. The average molecular weight is 311 g/mol. The average Bonchev–Trinajstić information content (AvgIpc) is 2.85. The highest BCUT2D eigenvalue weighted by molar-refractivity contribution is 7.13. The maximum Gasteiger partial charge on any atom is 0.263 e. The third kappa shape index (κ3) is 5.12. The summed E-state index contributed by atoms with van der Waals surface area (Å²) in [7, 11) is 1.58. The van der Waals surface area contributed by atoms with Crippen molar-refractivity contribution in [3.63, 3.8) is 0 Å². The van der Waals surface area contributed by atoms with Crippen LogP contribution < -0.4 is 10.6 Å². The number of rotatable bonds is 5. The van der Waals surface area contributed by atoms with Crippen molar-refractivity contribution >= 4 is 23.2 Å². The molecule has 0 saturated heterocycles. The summed E-state index contributed by atoms with van der Waals surface area (Å²) >= 11 is 1.37. The van der Waals surface area contributed by atoms with Crippen molar-refractivity contribution in [2.75, 3.05) is 7.05 Å². The number of likely N-dealkylation sites (N-methyl/N-ethyl adjacent to an activating group) is 1. The molecule has 1 atom stereocenters. The molecule has 0 bridgehead atoms. The molecule has 5 nitrogen and oxygen atoms in total. The highest BCUT2D eigenvalue weighted by Crippen LogP contribution is 2.26. The summed E-state index contributed by atoms with van der Waals surface area (Å²) in [5.41, 5.74) is -0.0820. The molecule has 0 fully saturated rings. The zero-order valence-electron chi connectivity index (χ0n) is 13.6. The Bertz CT molecular complexity index is 503. The Kier molecular flexibility index (Phi) is 5.89. The van der Waals surface area contributed by atoms with Crippen LogP contribution in [0.2, 0.25) is 0 Å². The van der Waals surface area contributed by atoms with Crippen molar-refractivity contribution in [3.05, 3.63) is 16.1 Å². The van der Waals surface area contributed by atoms with Crippen molar-refractivity contribution in [1.82, 2.24) is 15.6 Å². The SMILES string of the molecule is CNC(=O)C(CC(C)C)NC(=O)c1cnc(C(C)(C)C)s1. The van der Waals surface area contributed by atoms with Gasteiger partial charge in [-0.2, -0.15) is 0 Å². The van der Waals surface area contributed by atoms with Crippen molar-refractivity contribution < 1.29 is 9.59 Å². The number of aromatic nitrogens is 1. The highest BCUT2D eigenvalue weighted by Gasteiger charge is 2.24. The van der Waals surface area contributed by atoms with Crippen LogP contribution in [-0.4, -0.2) is 29.9 Å². The minimum atomic E-state index is -0.511. The van der Waals surface area contributed by atoms with E-state index in [1.54, 1.807) is 13.2 Å². The summed E-state index contributed by atoms with van der Waals surface area (Å²) < 4.78 is 0. The summed E-state index contributed by atoms with van der Waals surface area (Å²) in [6.07, 6.45) is 2.19. The van der Waals surface area contributed by atoms with Gasteiger partial charge in [-0.15, -0.1) is 11.3 Å². The molecule has 2 N–H and O–H groups in total. The zero-order chi connectivity index (χ0) is 16.2. The second kappa shape index (κ2) is 7.02. The van der Waals surface area contributed by atoms with Crippen LogP contribution in [0.5, 0.6) is 0 Å². The molecule has 0 saturated carbocycles. The van der Waals surface area contributed by atoms with Gasteiger partial charge in [0.1, 0.15) is 10.9 Å². The Morgan fingerprint density at radius 2 is 1.95 bits per heavy atom. The minimum Gasteiger partial charge on any atom is -0.357 e. The van der Waals surface area contributed by atoms with E-state index >= 15 is 0 Å². The molecule has 0 aliphatic carbocycles. The monoisotopic (exact) mass is 311 g/mol. The number of hydrogen-bond donors (Lipinski definition) is 2. The predicted octanol–water partition coefficient (Wildman–Crippen LogP) is 2.33. The molecule has 0 radical (unpaired) electrons. The molecule has 1 heterocycles. The molecule has 6 heteroatoms. The summed E-state index contributed by atoms with van der Waals surface area (Å²) in [4.78, 5) is 29.0. The van der Waals surface area contributed by atoms with Crippen LogP contribution in [0.25, 0.3) is 0 Å². The highest BCUT2D eigenvalue weighted by atomic mass is 32.1. The number of amides is 2. The second-order valence-electron chi connectivity index (χ2n) is 6.55. The number of carbonyl (C=O) groups excluding carboxylic acids is 2. The van der Waals surface area contributed by atoms with Crippen molar-refractivity contribution in [2.24, 2.45) is 5.92 Å². The number of nitrogens with zero attached hydrogens (tertiary/aromatic N) is 1. The molecular formula is C15H25N3O2S. The van der Waals surface area contributed by atoms with Crippen LogP contribution in [0.3, 0.4) is 0 Å². The lowest BCUT2D eigenvalue weighted by molar-refractivity contribution is -0.122. The molecule has 0 aromatic carbocycles. The van der Waals surface area contributed by atoms with E-state index in [2.05, 4.69) is 36.4 Å². The Morgan fingerprint density at radius 1 is 1.33 bits per heavy atom. The van der Waals surface area contributed by atoms with Gasteiger partial charge in [-0.1, -0.05) is 34.6 Å². The molecule has 1 aromatic rings. The summed E-state index contributed by atoms with van der Waals surface area (Å²) in [5.74, 6) is -0.0888. The van der Waals surface area contributed by atoms with Crippen molar-refractivity contribution in [3.8, 4) is 0 Å². The van der Waals surface area contributed by atoms with Gasteiger partial charge in [0.05, 0.1) is 11.2 Å². The quantitative estimate of drug-likeness (QED) is 0.876. The van der Waals surface area contributed by atoms with Gasteiger partial charge in [-0.25, -0.2) is 4.98 Å². The van der Waals surface area contributed by atoms with E-state index in [1.165, 1.54) is 11.3 Å². The van der Waals surface area contributed by atoms with E-state index < -0.39 is 6.04 Å². The Morgan fingerprint density at radius 3 is 2.38 bits per heavy atom. The van der Waals surface area contributed by atoms with Gasteiger partial charge >= 0.3 is 0 Å². The lowest BCUT2D eigenvalue weighted by Gasteiger charge is -2.18. The molecule has 118 valence electrons. The lowest BCUT2D eigenvalue weighted by atomic mass is 9.98. The number of hydrogen-bond acceptors (Lipinski definition) is 4. The fraction of sp³-hybridized carbons (Fsp3) is 0.667. The van der Waals surface area contributed by atoms with E-state index in [9.17, 15) is 9.59 Å². The van der Waals surface area contributed by atoms with Gasteiger partial charge in [0, 0.05) is 12.5 Å². The summed E-state index contributed by atoms with van der Waals surface area (Å²) in [5, 5.41) is 6.30. The van der Waals surface area contributed by atoms with E-state index in [1.807, 2.05) is 13.8 Å². The first kappa shape index (κ1) is 17.6. The smallest absolute Gasteiger partial charge is 0.263 e. The van der Waals surface area contributed by atoms with Gasteiger partial charge in [0.15, 0.2) is 0 Å². The van der Waals surface area contributed by atoms with Crippen LogP contribution in [0.1, 0.15) is 55.7 Å². The van der Waals surface area contributed by atoms with Gasteiger partial charge in [0.2, 0.25) is 5.91 Å². The largest absolute Gasteiger partial charge is 0.357 e. The molecule has 2 amide bonds. The van der Waals surface area contributed by atoms with E-state index in [0.29, 0.717) is 17.2 Å². The fourth-order valence-electron chi connectivity index (χ4n) is 1.83. The topological polar surface area (TPSA) is 71.1 Å². The van der Waals surface area contributed by atoms with Crippen molar-refractivity contribution in [2.45, 2.75) is 52.5 Å². The van der Waals surface area contributed by atoms with Crippen LogP contribution in [-0.2, 0) is 10.2 Å². The molecular weight excluding hydrogens is 286 g/mol. The Hall–Kier alpha value is -1.43. The van der Waals surface area contributed by atoms with Gasteiger partial charge in [0.25, 0.3) is 5.91 Å². The molecule has 1 aromatic heterocycles. The Labute approximate surface area is 130 Å². The third-order valence-corrected chi connectivity index (χ3v) is 4.37. The van der Waals surface area contributed by atoms with Crippen LogP contribution >= 0.6 is 11.3 Å². The lowest BCUT2D eigenvalue weighted by Crippen LogP contribution is -2.46. The number of carbonyl (C=O) groups is 2. The molecule has 21 heavy (non-hydrogen) atoms. The zero-order valence-corrected chi connectivity index (χ0v) is 14.4. The Balaban J connectivity index is 2.82. The second-order valence-corrected chi connectivity index (χ2v) is 7.58. The molecule has 0 aliphatic rings. The van der Waals surface area contributed by atoms with Crippen LogP contribution in [0.15, 0.2) is 6.20 Å². The van der Waals surface area contributed by atoms with Gasteiger partial charge < -0.3 is 10.6 Å². The number of thiazole rings is 1. The standard InChI is InChI=1S/C15H25N3O2S/c1-9(2)7-10(12(19)16-6)18-13(20)11-8-17-14(21-11)15(3,4)5/h8-10H,7H2,1-6H3,(H,16,19)(H,18,20). The fourth-order valence-corrected chi connectivity index (χ4v) is 2.71. The number of nitrogens with one attached hydrogen (secondary N) is 2. The first-order valence-electron chi connectivity index (χ1n) is 7.14. The van der Waals surface area contributed by atoms with Gasteiger partial charge in [-0.3, -0.25) is 9.59 Å². The van der Waals surface area contributed by atoms with E-state index in [4.69, 9.17) is 0 Å². The molecule has 1 rings (SSSR count).